The Morgan fingerprint density at radius 3 is 2.61 bits per heavy atom. The Labute approximate surface area is 140 Å². The molecule has 0 aliphatic carbocycles. The van der Waals surface area contributed by atoms with Crippen molar-refractivity contribution in [2.24, 2.45) is 0 Å². The van der Waals surface area contributed by atoms with Gasteiger partial charge in [-0.1, -0.05) is 0 Å². The maximum absolute atomic E-state index is 12.1. The highest BCUT2D eigenvalue weighted by molar-refractivity contribution is 5.94. The summed E-state index contributed by atoms with van der Waals surface area (Å²) < 4.78 is 1.55. The first-order chi connectivity index (χ1) is 10.8. The van der Waals surface area contributed by atoms with Gasteiger partial charge in [0, 0.05) is 44.8 Å². The van der Waals surface area contributed by atoms with Gasteiger partial charge in [-0.05, 0) is 34.7 Å². The molecule has 1 amide bonds. The number of piperazine rings is 1. The van der Waals surface area contributed by atoms with E-state index in [4.69, 9.17) is 0 Å². The van der Waals surface area contributed by atoms with E-state index in [9.17, 15) is 4.79 Å². The van der Waals surface area contributed by atoms with Gasteiger partial charge in [0.2, 0.25) is 0 Å². The van der Waals surface area contributed by atoms with E-state index in [1.165, 1.54) is 6.33 Å². The van der Waals surface area contributed by atoms with Gasteiger partial charge >= 0.3 is 0 Å². The molecule has 1 fully saturated rings. The van der Waals surface area contributed by atoms with Crippen molar-refractivity contribution in [2.75, 3.05) is 39.3 Å². The second-order valence-corrected chi connectivity index (χ2v) is 5.15. The Balaban J connectivity index is 0.00000192. The predicted molar refractivity (Wildman–Crippen MR) is 88.0 cm³/mol. The van der Waals surface area contributed by atoms with Crippen molar-refractivity contribution in [1.82, 2.24) is 35.7 Å². The largest absolute Gasteiger partial charge is 0.351 e. The molecule has 2 heterocycles. The van der Waals surface area contributed by atoms with Gasteiger partial charge in [0.1, 0.15) is 6.33 Å². The minimum atomic E-state index is -0.0570. The normalized spacial score (nSPS) is 15.0. The van der Waals surface area contributed by atoms with Gasteiger partial charge in [0.15, 0.2) is 0 Å². The summed E-state index contributed by atoms with van der Waals surface area (Å²) in [5.74, 6) is -0.0570. The van der Waals surface area contributed by atoms with Gasteiger partial charge in [-0.3, -0.25) is 9.69 Å². The second-order valence-electron chi connectivity index (χ2n) is 5.15. The molecule has 2 aromatic rings. The summed E-state index contributed by atoms with van der Waals surface area (Å²) >= 11 is 0. The molecule has 1 aliphatic heterocycles. The summed E-state index contributed by atoms with van der Waals surface area (Å²) in [4.78, 5) is 14.4. The number of rotatable bonds is 5. The topological polar surface area (TPSA) is 88.0 Å². The fraction of sp³-hybridized carbons (Fsp3) is 0.429. The van der Waals surface area contributed by atoms with Crippen molar-refractivity contribution in [3.8, 4) is 5.69 Å². The smallest absolute Gasteiger partial charge is 0.251 e. The molecule has 0 radical (unpaired) electrons. The molecule has 3 rings (SSSR count). The highest BCUT2D eigenvalue weighted by Crippen LogP contribution is 2.07. The van der Waals surface area contributed by atoms with E-state index < -0.39 is 0 Å². The van der Waals surface area contributed by atoms with Crippen LogP contribution in [-0.2, 0) is 0 Å². The summed E-state index contributed by atoms with van der Waals surface area (Å²) in [7, 11) is 0. The van der Waals surface area contributed by atoms with Crippen LogP contribution in [0.5, 0.6) is 0 Å². The molecule has 0 unspecified atom stereocenters. The molecule has 1 aliphatic rings. The van der Waals surface area contributed by atoms with E-state index in [0.717, 1.165) is 38.4 Å². The van der Waals surface area contributed by atoms with E-state index in [-0.39, 0.29) is 18.3 Å². The molecule has 2 N–H and O–H groups in total. The molecular formula is C14H20ClN7O. The highest BCUT2D eigenvalue weighted by atomic mass is 35.5. The molecule has 9 heteroatoms. The number of benzene rings is 1. The van der Waals surface area contributed by atoms with Crippen LogP contribution < -0.4 is 10.6 Å². The molecular weight excluding hydrogens is 318 g/mol. The lowest BCUT2D eigenvalue weighted by molar-refractivity contribution is 0.0947. The lowest BCUT2D eigenvalue weighted by Gasteiger charge is -2.27. The Kier molecular flexibility index (Phi) is 6.45. The Morgan fingerprint density at radius 1 is 1.22 bits per heavy atom. The number of halogens is 1. The number of carbonyl (C=O) groups is 1. The molecule has 8 nitrogen and oxygen atoms in total. The number of nitrogens with one attached hydrogen (secondary N) is 2. The first-order valence-corrected chi connectivity index (χ1v) is 7.37. The number of hydrogen-bond donors (Lipinski definition) is 2. The first-order valence-electron chi connectivity index (χ1n) is 7.37. The maximum atomic E-state index is 12.1. The average Bonchev–Trinajstić information content (AvgIpc) is 3.10. The summed E-state index contributed by atoms with van der Waals surface area (Å²) in [6, 6.07) is 7.19. The van der Waals surface area contributed by atoms with Crippen molar-refractivity contribution < 1.29 is 4.79 Å². The van der Waals surface area contributed by atoms with Crippen molar-refractivity contribution in [1.29, 1.82) is 0 Å². The minimum absolute atomic E-state index is 0. The highest BCUT2D eigenvalue weighted by Gasteiger charge is 2.10. The van der Waals surface area contributed by atoms with Crippen LogP contribution in [-0.4, -0.2) is 70.3 Å². The van der Waals surface area contributed by atoms with Gasteiger partial charge in [0.25, 0.3) is 5.91 Å². The van der Waals surface area contributed by atoms with Gasteiger partial charge < -0.3 is 10.6 Å². The fourth-order valence-corrected chi connectivity index (χ4v) is 2.41. The van der Waals surface area contributed by atoms with Crippen molar-refractivity contribution in [2.45, 2.75) is 0 Å². The number of hydrogen-bond acceptors (Lipinski definition) is 6. The molecule has 1 aromatic carbocycles. The van der Waals surface area contributed by atoms with Crippen LogP contribution in [0.1, 0.15) is 10.4 Å². The quantitative estimate of drug-likeness (QED) is 0.780. The van der Waals surface area contributed by atoms with Gasteiger partial charge in [-0.25, -0.2) is 4.68 Å². The molecule has 1 saturated heterocycles. The average molecular weight is 338 g/mol. The number of amides is 1. The van der Waals surface area contributed by atoms with Crippen LogP contribution in [0, 0.1) is 0 Å². The van der Waals surface area contributed by atoms with Crippen molar-refractivity contribution in [3.05, 3.63) is 36.2 Å². The zero-order valence-corrected chi connectivity index (χ0v) is 13.5. The third-order valence-electron chi connectivity index (χ3n) is 3.67. The zero-order valence-electron chi connectivity index (χ0n) is 12.7. The fourth-order valence-electron chi connectivity index (χ4n) is 2.41. The molecule has 1 aromatic heterocycles. The van der Waals surface area contributed by atoms with E-state index in [0.29, 0.717) is 12.1 Å². The zero-order chi connectivity index (χ0) is 15.2. The van der Waals surface area contributed by atoms with E-state index in [1.54, 1.807) is 16.8 Å². The Bertz CT molecular complexity index is 596. The Morgan fingerprint density at radius 2 is 1.96 bits per heavy atom. The minimum Gasteiger partial charge on any atom is -0.351 e. The number of nitrogens with zero attached hydrogens (tertiary/aromatic N) is 5. The maximum Gasteiger partial charge on any atom is 0.251 e. The molecule has 0 atom stereocenters. The third-order valence-corrected chi connectivity index (χ3v) is 3.67. The molecule has 0 saturated carbocycles. The molecule has 124 valence electrons. The second kappa shape index (κ2) is 8.56. The summed E-state index contributed by atoms with van der Waals surface area (Å²) in [6.07, 6.45) is 1.52. The monoisotopic (exact) mass is 337 g/mol. The van der Waals surface area contributed by atoms with Crippen LogP contribution in [0.3, 0.4) is 0 Å². The summed E-state index contributed by atoms with van der Waals surface area (Å²) in [5.41, 5.74) is 1.46. The third kappa shape index (κ3) is 4.72. The van der Waals surface area contributed by atoms with Crippen LogP contribution in [0.4, 0.5) is 0 Å². The lowest BCUT2D eigenvalue weighted by Crippen LogP contribution is -2.46. The summed E-state index contributed by atoms with van der Waals surface area (Å²) in [5, 5.41) is 17.2. The number of aromatic nitrogens is 4. The van der Waals surface area contributed by atoms with E-state index in [2.05, 4.69) is 31.1 Å². The molecule has 0 bridgehead atoms. The lowest BCUT2D eigenvalue weighted by atomic mass is 10.2. The molecule has 0 spiro atoms. The first kappa shape index (κ1) is 17.3. The van der Waals surface area contributed by atoms with Crippen molar-refractivity contribution in [3.63, 3.8) is 0 Å². The summed E-state index contributed by atoms with van der Waals surface area (Å²) in [6.45, 7) is 5.66. The van der Waals surface area contributed by atoms with Crippen LogP contribution in [0.2, 0.25) is 0 Å². The SMILES string of the molecule is Cl.O=C(NCCN1CCNCC1)c1ccc(-n2cnnn2)cc1. The number of tetrazole rings is 1. The van der Waals surface area contributed by atoms with Gasteiger partial charge in [-0.15, -0.1) is 17.5 Å². The Hall–Kier alpha value is -2.03. The molecule has 23 heavy (non-hydrogen) atoms. The van der Waals surface area contributed by atoms with Crippen LogP contribution in [0.15, 0.2) is 30.6 Å². The van der Waals surface area contributed by atoms with E-state index >= 15 is 0 Å². The van der Waals surface area contributed by atoms with Crippen LogP contribution in [0.25, 0.3) is 5.69 Å². The standard InChI is InChI=1S/C14H19N7O.ClH/c22-14(16-7-10-20-8-5-15-6-9-20)12-1-3-13(4-2-12)21-11-17-18-19-21;/h1-4,11,15H,5-10H2,(H,16,22);1H. The van der Waals surface area contributed by atoms with Crippen LogP contribution >= 0.6 is 12.4 Å². The van der Waals surface area contributed by atoms with Gasteiger partial charge in [0.05, 0.1) is 5.69 Å². The van der Waals surface area contributed by atoms with Crippen molar-refractivity contribution >= 4 is 18.3 Å². The predicted octanol–water partition coefficient (Wildman–Crippen LogP) is -0.281. The van der Waals surface area contributed by atoms with Gasteiger partial charge in [-0.2, -0.15) is 0 Å². The number of carbonyl (C=O) groups excluding carboxylic acids is 1. The van der Waals surface area contributed by atoms with E-state index in [1.807, 2.05) is 12.1 Å².